The van der Waals surface area contributed by atoms with Gasteiger partial charge >= 0.3 is 6.61 Å². The van der Waals surface area contributed by atoms with Crippen molar-refractivity contribution in [3.63, 3.8) is 0 Å². The molecule has 5 nitrogen and oxygen atoms in total. The van der Waals surface area contributed by atoms with Crippen molar-refractivity contribution in [2.75, 3.05) is 0 Å². The second-order valence-electron chi connectivity index (χ2n) is 4.89. The molecule has 1 N–H and O–H groups in total. The lowest BCUT2D eigenvalue weighted by molar-refractivity contribution is -0.121. The Morgan fingerprint density at radius 3 is 2.79 bits per heavy atom. The van der Waals surface area contributed by atoms with Gasteiger partial charge in [0.1, 0.15) is 5.75 Å². The average molecular weight is 401 g/mol. The Kier molecular flexibility index (Phi) is 6.48. The predicted molar refractivity (Wildman–Crippen MR) is 87.9 cm³/mol. The zero-order valence-electron chi connectivity index (χ0n) is 12.5. The van der Waals surface area contributed by atoms with Crippen molar-refractivity contribution >= 4 is 21.8 Å². The van der Waals surface area contributed by atoms with E-state index in [4.69, 9.17) is 0 Å². The second kappa shape index (κ2) is 8.58. The summed E-state index contributed by atoms with van der Waals surface area (Å²) >= 11 is 3.25. The van der Waals surface area contributed by atoms with Crippen molar-refractivity contribution in [1.29, 1.82) is 0 Å². The molecule has 0 atom stereocenters. The van der Waals surface area contributed by atoms with Gasteiger partial charge in [0, 0.05) is 41.8 Å². The van der Waals surface area contributed by atoms with Crippen molar-refractivity contribution in [2.45, 2.75) is 26.1 Å². The summed E-state index contributed by atoms with van der Waals surface area (Å²) in [5.41, 5.74) is 0.236. The molecule has 0 fully saturated rings. The van der Waals surface area contributed by atoms with Crippen LogP contribution in [0.2, 0.25) is 0 Å². The van der Waals surface area contributed by atoms with E-state index in [1.165, 1.54) is 16.7 Å². The first-order chi connectivity index (χ1) is 11.5. The summed E-state index contributed by atoms with van der Waals surface area (Å²) in [4.78, 5) is 23.4. The van der Waals surface area contributed by atoms with Gasteiger partial charge in [-0.05, 0) is 24.3 Å². The maximum Gasteiger partial charge on any atom is 0.387 e. The molecule has 2 aromatic rings. The fourth-order valence-corrected chi connectivity index (χ4v) is 2.46. The third-order valence-corrected chi connectivity index (χ3v) is 3.69. The van der Waals surface area contributed by atoms with Gasteiger partial charge in [-0.15, -0.1) is 0 Å². The maximum atomic E-state index is 12.4. The molecule has 1 aromatic heterocycles. The minimum atomic E-state index is -2.94. The first-order valence-corrected chi connectivity index (χ1v) is 7.90. The molecular formula is C16H15BrF2N2O3. The molecule has 0 bridgehead atoms. The molecule has 0 saturated carbocycles. The number of rotatable bonds is 7. The normalized spacial score (nSPS) is 10.7. The number of aromatic nitrogens is 1. The molecular weight excluding hydrogens is 386 g/mol. The minimum absolute atomic E-state index is 0.00720. The summed E-state index contributed by atoms with van der Waals surface area (Å²) in [7, 11) is 0. The highest BCUT2D eigenvalue weighted by atomic mass is 79.9. The van der Waals surface area contributed by atoms with Crippen LogP contribution in [0.1, 0.15) is 12.0 Å². The molecule has 0 aliphatic rings. The van der Waals surface area contributed by atoms with Gasteiger partial charge in [-0.1, -0.05) is 22.0 Å². The van der Waals surface area contributed by atoms with Crippen LogP contribution >= 0.6 is 15.9 Å². The van der Waals surface area contributed by atoms with Crippen LogP contribution in [-0.4, -0.2) is 17.1 Å². The van der Waals surface area contributed by atoms with Crippen LogP contribution in [0.3, 0.4) is 0 Å². The quantitative estimate of drug-likeness (QED) is 0.777. The van der Waals surface area contributed by atoms with E-state index < -0.39 is 6.61 Å². The van der Waals surface area contributed by atoms with Crippen LogP contribution in [0.25, 0.3) is 0 Å². The van der Waals surface area contributed by atoms with Crippen LogP contribution in [0.4, 0.5) is 8.78 Å². The van der Waals surface area contributed by atoms with E-state index in [1.54, 1.807) is 30.5 Å². The third-order valence-electron chi connectivity index (χ3n) is 3.19. The number of nitrogens with one attached hydrogen (secondary N) is 1. The molecule has 1 heterocycles. The van der Waals surface area contributed by atoms with Crippen LogP contribution in [-0.2, 0) is 17.9 Å². The first-order valence-electron chi connectivity index (χ1n) is 7.11. The first kappa shape index (κ1) is 18.1. The van der Waals surface area contributed by atoms with Crippen molar-refractivity contribution in [2.24, 2.45) is 0 Å². The number of carbonyl (C=O) groups excluding carboxylic acids is 1. The van der Waals surface area contributed by atoms with Crippen molar-refractivity contribution in [3.8, 4) is 5.75 Å². The number of benzene rings is 1. The van der Waals surface area contributed by atoms with Crippen molar-refractivity contribution in [1.82, 2.24) is 9.88 Å². The summed E-state index contributed by atoms with van der Waals surface area (Å²) in [6.07, 6.45) is 1.70. The molecule has 8 heteroatoms. The maximum absolute atomic E-state index is 12.4. The number of alkyl halides is 2. The van der Waals surface area contributed by atoms with Crippen LogP contribution in [0.15, 0.2) is 51.9 Å². The molecule has 0 radical (unpaired) electrons. The van der Waals surface area contributed by atoms with Gasteiger partial charge in [0.25, 0.3) is 5.56 Å². The van der Waals surface area contributed by atoms with Gasteiger partial charge < -0.3 is 14.6 Å². The standard InChI is InChI=1S/C16H15BrF2N2O3/c17-12-4-5-13(24-16(18)19)11(9-12)10-20-14(22)6-8-21-7-2-1-3-15(21)23/h1-5,7,9,16H,6,8,10H2,(H,20,22). The van der Waals surface area contributed by atoms with Gasteiger partial charge in [0.2, 0.25) is 5.91 Å². The summed E-state index contributed by atoms with van der Waals surface area (Å²) in [6.45, 7) is -2.65. The number of pyridine rings is 1. The van der Waals surface area contributed by atoms with Gasteiger partial charge in [-0.2, -0.15) is 8.78 Å². The molecule has 0 aliphatic carbocycles. The molecule has 0 saturated heterocycles. The van der Waals surface area contributed by atoms with Crippen molar-refractivity contribution in [3.05, 3.63) is 63.0 Å². The summed E-state index contributed by atoms with van der Waals surface area (Å²) in [6, 6.07) is 9.31. The fraction of sp³-hybridized carbons (Fsp3) is 0.250. The lowest BCUT2D eigenvalue weighted by Gasteiger charge is -2.12. The second-order valence-corrected chi connectivity index (χ2v) is 5.81. The van der Waals surface area contributed by atoms with E-state index in [0.29, 0.717) is 10.0 Å². The summed E-state index contributed by atoms with van der Waals surface area (Å²) in [5, 5.41) is 2.63. The monoisotopic (exact) mass is 400 g/mol. The smallest absolute Gasteiger partial charge is 0.387 e. The van der Waals surface area contributed by atoms with E-state index in [1.807, 2.05) is 0 Å². The molecule has 24 heavy (non-hydrogen) atoms. The van der Waals surface area contributed by atoms with Gasteiger partial charge in [-0.25, -0.2) is 0 Å². The van der Waals surface area contributed by atoms with Crippen molar-refractivity contribution < 1.29 is 18.3 Å². The molecule has 128 valence electrons. The average Bonchev–Trinajstić information content (AvgIpc) is 2.54. The Labute approximate surface area is 145 Å². The Morgan fingerprint density at radius 2 is 2.08 bits per heavy atom. The number of halogens is 3. The van der Waals surface area contributed by atoms with Crippen LogP contribution < -0.4 is 15.6 Å². The minimum Gasteiger partial charge on any atom is -0.434 e. The van der Waals surface area contributed by atoms with E-state index in [-0.39, 0.29) is 36.7 Å². The number of carbonyl (C=O) groups is 1. The SMILES string of the molecule is O=C(CCn1ccccc1=O)NCc1cc(Br)ccc1OC(F)F. The van der Waals surface area contributed by atoms with Gasteiger partial charge in [-0.3, -0.25) is 9.59 Å². The summed E-state index contributed by atoms with van der Waals surface area (Å²) in [5.74, 6) is -0.290. The van der Waals surface area contributed by atoms with Crippen LogP contribution in [0, 0.1) is 0 Å². The number of amides is 1. The zero-order valence-corrected chi connectivity index (χ0v) is 14.1. The van der Waals surface area contributed by atoms with E-state index in [0.717, 1.165) is 0 Å². The number of aryl methyl sites for hydroxylation is 1. The lowest BCUT2D eigenvalue weighted by Crippen LogP contribution is -2.26. The Morgan fingerprint density at radius 1 is 1.29 bits per heavy atom. The van der Waals surface area contributed by atoms with E-state index in [2.05, 4.69) is 26.0 Å². The number of hydrogen-bond acceptors (Lipinski definition) is 3. The summed E-state index contributed by atoms with van der Waals surface area (Å²) < 4.78 is 31.3. The van der Waals surface area contributed by atoms with E-state index >= 15 is 0 Å². The lowest BCUT2D eigenvalue weighted by atomic mass is 10.2. The van der Waals surface area contributed by atoms with E-state index in [9.17, 15) is 18.4 Å². The van der Waals surface area contributed by atoms with Gasteiger partial charge in [0.05, 0.1) is 0 Å². The molecule has 0 unspecified atom stereocenters. The highest BCUT2D eigenvalue weighted by molar-refractivity contribution is 9.10. The van der Waals surface area contributed by atoms with Gasteiger partial charge in [0.15, 0.2) is 0 Å². The largest absolute Gasteiger partial charge is 0.434 e. The number of ether oxygens (including phenoxy) is 1. The van der Waals surface area contributed by atoms with Crippen LogP contribution in [0.5, 0.6) is 5.75 Å². The topological polar surface area (TPSA) is 60.3 Å². The Balaban J connectivity index is 1.93. The number of hydrogen-bond donors (Lipinski definition) is 1. The third kappa shape index (κ3) is 5.45. The Hall–Kier alpha value is -2.22. The highest BCUT2D eigenvalue weighted by Gasteiger charge is 2.11. The highest BCUT2D eigenvalue weighted by Crippen LogP contribution is 2.24. The Bertz CT molecular complexity index is 765. The molecule has 0 spiro atoms. The predicted octanol–water partition coefficient (Wildman–Crippen LogP) is 2.92. The molecule has 1 amide bonds. The molecule has 0 aliphatic heterocycles. The fourth-order valence-electron chi connectivity index (χ4n) is 2.05. The molecule has 2 rings (SSSR count). The number of nitrogens with zero attached hydrogens (tertiary/aromatic N) is 1. The zero-order chi connectivity index (χ0) is 17.5. The molecule has 1 aromatic carbocycles.